The van der Waals surface area contributed by atoms with Crippen molar-refractivity contribution in [3.05, 3.63) is 39.8 Å². The van der Waals surface area contributed by atoms with Crippen LogP contribution in [0.15, 0.2) is 23.0 Å². The molecule has 1 unspecified atom stereocenters. The SMILES string of the molecule is O=c1ccc(F)cc(C2CCCCO2)c1O. The molecule has 1 aromatic rings. The number of halogens is 1. The van der Waals surface area contributed by atoms with Gasteiger partial charge in [-0.1, -0.05) is 0 Å². The first-order chi connectivity index (χ1) is 7.68. The monoisotopic (exact) mass is 224 g/mol. The Morgan fingerprint density at radius 2 is 2.19 bits per heavy atom. The second-order valence-corrected chi connectivity index (χ2v) is 3.89. The molecular formula is C12H13FO3. The lowest BCUT2D eigenvalue weighted by molar-refractivity contribution is 0.0135. The third kappa shape index (κ3) is 2.22. The highest BCUT2D eigenvalue weighted by molar-refractivity contribution is 5.33. The Hall–Kier alpha value is -1.42. The van der Waals surface area contributed by atoms with Crippen LogP contribution in [0.4, 0.5) is 4.39 Å². The van der Waals surface area contributed by atoms with E-state index in [4.69, 9.17) is 4.74 Å². The van der Waals surface area contributed by atoms with Gasteiger partial charge in [-0.25, -0.2) is 4.39 Å². The molecule has 2 rings (SSSR count). The van der Waals surface area contributed by atoms with Crippen molar-refractivity contribution in [3.63, 3.8) is 0 Å². The van der Waals surface area contributed by atoms with E-state index in [1.54, 1.807) is 0 Å². The van der Waals surface area contributed by atoms with Crippen molar-refractivity contribution < 1.29 is 14.2 Å². The van der Waals surface area contributed by atoms with Crippen molar-refractivity contribution in [2.45, 2.75) is 25.4 Å². The summed E-state index contributed by atoms with van der Waals surface area (Å²) in [6, 6.07) is 3.25. The van der Waals surface area contributed by atoms with Gasteiger partial charge in [-0.15, -0.1) is 0 Å². The molecule has 0 amide bonds. The summed E-state index contributed by atoms with van der Waals surface area (Å²) in [5.74, 6) is -0.947. The van der Waals surface area contributed by atoms with Gasteiger partial charge in [-0.05, 0) is 37.5 Å². The minimum Gasteiger partial charge on any atom is -0.504 e. The van der Waals surface area contributed by atoms with E-state index in [0.29, 0.717) is 13.0 Å². The quantitative estimate of drug-likeness (QED) is 0.794. The normalized spacial score (nSPS) is 20.7. The van der Waals surface area contributed by atoms with Gasteiger partial charge in [0.1, 0.15) is 5.82 Å². The average molecular weight is 224 g/mol. The number of rotatable bonds is 1. The highest BCUT2D eigenvalue weighted by Gasteiger charge is 2.20. The van der Waals surface area contributed by atoms with Crippen molar-refractivity contribution >= 4 is 0 Å². The third-order valence-corrected chi connectivity index (χ3v) is 2.72. The Balaban J connectivity index is 2.46. The maximum atomic E-state index is 13.2. The molecule has 0 spiro atoms. The van der Waals surface area contributed by atoms with Gasteiger partial charge in [0, 0.05) is 12.2 Å². The number of ether oxygens (including phenoxy) is 1. The van der Waals surface area contributed by atoms with Crippen molar-refractivity contribution in [2.24, 2.45) is 0 Å². The fourth-order valence-electron chi connectivity index (χ4n) is 1.87. The standard InChI is InChI=1S/C12H13FO3/c13-8-4-5-10(14)12(15)9(7-8)11-3-1-2-6-16-11/h4-5,7,11H,1-3,6H2,(H,14,15). The van der Waals surface area contributed by atoms with Crippen molar-refractivity contribution in [2.75, 3.05) is 6.61 Å². The van der Waals surface area contributed by atoms with Gasteiger partial charge in [0.15, 0.2) is 5.75 Å². The molecule has 1 fully saturated rings. The molecule has 0 bridgehead atoms. The zero-order chi connectivity index (χ0) is 11.5. The largest absolute Gasteiger partial charge is 0.504 e. The predicted octanol–water partition coefficient (Wildman–Crippen LogP) is 2.13. The fourth-order valence-corrected chi connectivity index (χ4v) is 1.87. The summed E-state index contributed by atoms with van der Waals surface area (Å²) in [5, 5.41) is 9.68. The van der Waals surface area contributed by atoms with E-state index in [-0.39, 0.29) is 11.7 Å². The van der Waals surface area contributed by atoms with E-state index in [0.717, 1.165) is 25.0 Å². The summed E-state index contributed by atoms with van der Waals surface area (Å²) in [6.07, 6.45) is 2.25. The Labute approximate surface area is 92.5 Å². The molecule has 1 aliphatic heterocycles. The van der Waals surface area contributed by atoms with E-state index in [1.807, 2.05) is 0 Å². The minimum atomic E-state index is -0.576. The summed E-state index contributed by atoms with van der Waals surface area (Å²) in [4.78, 5) is 11.4. The third-order valence-electron chi connectivity index (χ3n) is 2.72. The summed E-state index contributed by atoms with van der Waals surface area (Å²) in [6.45, 7) is 0.582. The maximum absolute atomic E-state index is 13.2. The Morgan fingerprint density at radius 3 is 2.88 bits per heavy atom. The van der Waals surface area contributed by atoms with Crippen LogP contribution in [0.3, 0.4) is 0 Å². The molecule has 16 heavy (non-hydrogen) atoms. The van der Waals surface area contributed by atoms with Crippen LogP contribution in [0.5, 0.6) is 5.75 Å². The summed E-state index contributed by atoms with van der Waals surface area (Å²) >= 11 is 0. The number of hydrogen-bond donors (Lipinski definition) is 1. The maximum Gasteiger partial charge on any atom is 0.220 e. The summed E-state index contributed by atoms with van der Waals surface area (Å²) in [5.41, 5.74) is -0.319. The molecular weight excluding hydrogens is 211 g/mol. The molecule has 86 valence electrons. The van der Waals surface area contributed by atoms with Crippen LogP contribution in [0.25, 0.3) is 0 Å². The number of aromatic hydroxyl groups is 1. The molecule has 1 heterocycles. The molecule has 0 saturated carbocycles. The van der Waals surface area contributed by atoms with Gasteiger partial charge < -0.3 is 9.84 Å². The van der Waals surface area contributed by atoms with Crippen LogP contribution in [0, 0.1) is 5.82 Å². The average Bonchev–Trinajstić information content (AvgIpc) is 2.44. The molecule has 3 nitrogen and oxygen atoms in total. The van der Waals surface area contributed by atoms with E-state index >= 15 is 0 Å². The lowest BCUT2D eigenvalue weighted by atomic mass is 10.0. The van der Waals surface area contributed by atoms with E-state index < -0.39 is 17.0 Å². The lowest BCUT2D eigenvalue weighted by Crippen LogP contribution is -2.12. The second-order valence-electron chi connectivity index (χ2n) is 3.89. The van der Waals surface area contributed by atoms with Crippen molar-refractivity contribution in [3.8, 4) is 5.75 Å². The van der Waals surface area contributed by atoms with Crippen LogP contribution in [0.2, 0.25) is 0 Å². The molecule has 0 aromatic heterocycles. The highest BCUT2D eigenvalue weighted by atomic mass is 19.1. The minimum absolute atomic E-state index is 0.257. The van der Waals surface area contributed by atoms with E-state index in [9.17, 15) is 14.3 Å². The molecule has 1 atom stereocenters. The lowest BCUT2D eigenvalue weighted by Gasteiger charge is -2.22. The molecule has 0 radical (unpaired) electrons. The van der Waals surface area contributed by atoms with Crippen molar-refractivity contribution in [1.82, 2.24) is 0 Å². The van der Waals surface area contributed by atoms with Crippen LogP contribution in [-0.4, -0.2) is 11.7 Å². The van der Waals surface area contributed by atoms with Crippen LogP contribution in [0.1, 0.15) is 30.9 Å². The first-order valence-electron chi connectivity index (χ1n) is 5.33. The molecule has 0 aliphatic carbocycles. The van der Waals surface area contributed by atoms with Gasteiger partial charge in [-0.3, -0.25) is 4.79 Å². The van der Waals surface area contributed by atoms with Crippen LogP contribution >= 0.6 is 0 Å². The van der Waals surface area contributed by atoms with E-state index in [2.05, 4.69) is 0 Å². The summed E-state index contributed by atoms with van der Waals surface area (Å²) < 4.78 is 18.6. The van der Waals surface area contributed by atoms with Gasteiger partial charge in [0.05, 0.1) is 6.10 Å². The van der Waals surface area contributed by atoms with Gasteiger partial charge in [-0.2, -0.15) is 0 Å². The van der Waals surface area contributed by atoms with Gasteiger partial charge in [0.25, 0.3) is 0 Å². The van der Waals surface area contributed by atoms with Crippen LogP contribution in [-0.2, 0) is 4.74 Å². The molecule has 1 aromatic carbocycles. The van der Waals surface area contributed by atoms with E-state index in [1.165, 1.54) is 6.07 Å². The number of hydrogen-bond acceptors (Lipinski definition) is 3. The first kappa shape index (κ1) is 11.1. The molecule has 1 N–H and O–H groups in total. The van der Waals surface area contributed by atoms with Crippen LogP contribution < -0.4 is 5.43 Å². The zero-order valence-electron chi connectivity index (χ0n) is 8.78. The first-order valence-corrected chi connectivity index (χ1v) is 5.33. The van der Waals surface area contributed by atoms with Gasteiger partial charge >= 0.3 is 0 Å². The Bertz CT molecular complexity index is 439. The Morgan fingerprint density at radius 1 is 1.38 bits per heavy atom. The molecule has 4 heteroatoms. The topological polar surface area (TPSA) is 46.5 Å². The van der Waals surface area contributed by atoms with Crippen molar-refractivity contribution in [1.29, 1.82) is 0 Å². The fraction of sp³-hybridized carbons (Fsp3) is 0.417. The Kier molecular flexibility index (Phi) is 3.19. The molecule has 1 saturated heterocycles. The second kappa shape index (κ2) is 4.61. The molecule has 1 aliphatic rings. The summed E-state index contributed by atoms with van der Waals surface area (Å²) in [7, 11) is 0. The highest BCUT2D eigenvalue weighted by Crippen LogP contribution is 2.31. The zero-order valence-corrected chi connectivity index (χ0v) is 8.78. The predicted molar refractivity (Wildman–Crippen MR) is 56.9 cm³/mol. The van der Waals surface area contributed by atoms with Gasteiger partial charge in [0.2, 0.25) is 5.43 Å². The smallest absolute Gasteiger partial charge is 0.220 e.